The second kappa shape index (κ2) is 6.40. The SMILES string of the molecule is CC(C)(C)OC(=O)CCCCC(=O)NN. The van der Waals surface area contributed by atoms with Crippen LogP contribution >= 0.6 is 0 Å². The van der Waals surface area contributed by atoms with Crippen molar-refractivity contribution < 1.29 is 14.3 Å². The largest absolute Gasteiger partial charge is 0.460 e. The summed E-state index contributed by atoms with van der Waals surface area (Å²) >= 11 is 0. The molecule has 0 aromatic heterocycles. The van der Waals surface area contributed by atoms with E-state index in [4.69, 9.17) is 10.6 Å². The number of hydrogen-bond donors (Lipinski definition) is 2. The maximum Gasteiger partial charge on any atom is 0.306 e. The quantitative estimate of drug-likeness (QED) is 0.235. The van der Waals surface area contributed by atoms with Crippen molar-refractivity contribution in [2.24, 2.45) is 5.84 Å². The molecule has 0 bridgehead atoms. The normalized spacial score (nSPS) is 10.9. The molecule has 0 saturated carbocycles. The average molecular weight is 216 g/mol. The van der Waals surface area contributed by atoms with E-state index in [0.717, 1.165) is 0 Å². The number of rotatable bonds is 5. The molecule has 0 fully saturated rings. The van der Waals surface area contributed by atoms with Crippen molar-refractivity contribution in [2.45, 2.75) is 52.1 Å². The van der Waals surface area contributed by atoms with Gasteiger partial charge in [-0.15, -0.1) is 0 Å². The average Bonchev–Trinajstić information content (AvgIpc) is 2.09. The van der Waals surface area contributed by atoms with Crippen LogP contribution in [0.2, 0.25) is 0 Å². The van der Waals surface area contributed by atoms with Crippen LogP contribution in [-0.2, 0) is 14.3 Å². The van der Waals surface area contributed by atoms with E-state index >= 15 is 0 Å². The summed E-state index contributed by atoms with van der Waals surface area (Å²) in [5.41, 5.74) is 1.60. The van der Waals surface area contributed by atoms with E-state index in [1.54, 1.807) is 0 Å². The molecule has 0 aliphatic heterocycles. The van der Waals surface area contributed by atoms with Gasteiger partial charge in [0.15, 0.2) is 0 Å². The van der Waals surface area contributed by atoms with Gasteiger partial charge in [-0.05, 0) is 33.6 Å². The molecule has 0 aliphatic rings. The first-order chi connectivity index (χ1) is 6.85. The number of nitrogens with one attached hydrogen (secondary N) is 1. The third-order valence-corrected chi connectivity index (χ3v) is 1.62. The first kappa shape index (κ1) is 13.9. The summed E-state index contributed by atoms with van der Waals surface area (Å²) in [5.74, 6) is 4.47. The summed E-state index contributed by atoms with van der Waals surface area (Å²) in [5, 5.41) is 0. The van der Waals surface area contributed by atoms with Crippen molar-refractivity contribution in [3.63, 3.8) is 0 Å². The van der Waals surface area contributed by atoms with Crippen molar-refractivity contribution in [3.05, 3.63) is 0 Å². The van der Waals surface area contributed by atoms with Gasteiger partial charge < -0.3 is 4.74 Å². The van der Waals surface area contributed by atoms with Crippen LogP contribution in [-0.4, -0.2) is 17.5 Å². The molecule has 5 heteroatoms. The van der Waals surface area contributed by atoms with Crippen molar-refractivity contribution >= 4 is 11.9 Å². The lowest BCUT2D eigenvalue weighted by Crippen LogP contribution is -2.29. The number of carbonyl (C=O) groups is 2. The number of hydrogen-bond acceptors (Lipinski definition) is 4. The fraction of sp³-hybridized carbons (Fsp3) is 0.800. The molecule has 3 N–H and O–H groups in total. The van der Waals surface area contributed by atoms with Gasteiger partial charge in [0.1, 0.15) is 5.60 Å². The van der Waals surface area contributed by atoms with Crippen molar-refractivity contribution in [1.82, 2.24) is 5.43 Å². The van der Waals surface area contributed by atoms with Crippen LogP contribution in [0, 0.1) is 0 Å². The number of nitrogens with two attached hydrogens (primary N) is 1. The molecule has 0 radical (unpaired) electrons. The minimum atomic E-state index is -0.439. The molecule has 0 aliphatic carbocycles. The molecular formula is C10H20N2O3. The Balaban J connectivity index is 3.52. The molecule has 0 atom stereocenters. The Morgan fingerprint density at radius 3 is 2.20 bits per heavy atom. The Bertz CT molecular complexity index is 221. The second-order valence-electron chi connectivity index (χ2n) is 4.36. The number of amides is 1. The highest BCUT2D eigenvalue weighted by Gasteiger charge is 2.15. The van der Waals surface area contributed by atoms with Gasteiger partial charge in [0.2, 0.25) is 5.91 Å². The van der Waals surface area contributed by atoms with Crippen molar-refractivity contribution in [1.29, 1.82) is 0 Å². The van der Waals surface area contributed by atoms with Gasteiger partial charge in [0.25, 0.3) is 0 Å². The fourth-order valence-corrected chi connectivity index (χ4v) is 1.02. The highest BCUT2D eigenvalue weighted by atomic mass is 16.6. The number of hydrazine groups is 1. The highest BCUT2D eigenvalue weighted by molar-refractivity contribution is 5.75. The molecule has 0 unspecified atom stereocenters. The summed E-state index contributed by atoms with van der Waals surface area (Å²) in [4.78, 5) is 22.0. The monoisotopic (exact) mass is 216 g/mol. The third-order valence-electron chi connectivity index (χ3n) is 1.62. The summed E-state index contributed by atoms with van der Waals surface area (Å²) in [7, 11) is 0. The summed E-state index contributed by atoms with van der Waals surface area (Å²) < 4.78 is 5.11. The number of ether oxygens (including phenoxy) is 1. The van der Waals surface area contributed by atoms with E-state index in [0.29, 0.717) is 25.7 Å². The second-order valence-corrected chi connectivity index (χ2v) is 4.36. The van der Waals surface area contributed by atoms with Crippen molar-refractivity contribution in [2.75, 3.05) is 0 Å². The predicted molar refractivity (Wildman–Crippen MR) is 56.6 cm³/mol. The van der Waals surface area contributed by atoms with Gasteiger partial charge in [-0.3, -0.25) is 15.0 Å². The maximum absolute atomic E-state index is 11.2. The molecule has 0 heterocycles. The molecular weight excluding hydrogens is 196 g/mol. The van der Waals surface area contributed by atoms with Gasteiger partial charge in [0, 0.05) is 12.8 Å². The lowest BCUT2D eigenvalue weighted by Gasteiger charge is -2.19. The topological polar surface area (TPSA) is 81.4 Å². The minimum absolute atomic E-state index is 0.209. The van der Waals surface area contributed by atoms with Crippen molar-refractivity contribution in [3.8, 4) is 0 Å². The Morgan fingerprint density at radius 2 is 1.73 bits per heavy atom. The molecule has 0 aromatic carbocycles. The van der Waals surface area contributed by atoms with Crippen LogP contribution in [0.4, 0.5) is 0 Å². The Labute approximate surface area is 90.3 Å². The van der Waals surface area contributed by atoms with E-state index in [1.165, 1.54) is 0 Å². The van der Waals surface area contributed by atoms with Crippen LogP contribution in [0.5, 0.6) is 0 Å². The first-order valence-corrected chi connectivity index (χ1v) is 5.06. The number of carbonyl (C=O) groups excluding carboxylic acids is 2. The summed E-state index contributed by atoms with van der Waals surface area (Å²) in [6, 6.07) is 0. The molecule has 0 spiro atoms. The van der Waals surface area contributed by atoms with E-state index in [2.05, 4.69) is 0 Å². The van der Waals surface area contributed by atoms with Crippen LogP contribution in [0.3, 0.4) is 0 Å². The lowest BCUT2D eigenvalue weighted by molar-refractivity contribution is -0.155. The van der Waals surface area contributed by atoms with Gasteiger partial charge in [-0.2, -0.15) is 0 Å². The van der Waals surface area contributed by atoms with E-state index in [-0.39, 0.29) is 11.9 Å². The smallest absolute Gasteiger partial charge is 0.306 e. The first-order valence-electron chi connectivity index (χ1n) is 5.06. The molecule has 1 amide bonds. The van der Waals surface area contributed by atoms with Gasteiger partial charge in [0.05, 0.1) is 0 Å². The van der Waals surface area contributed by atoms with E-state index in [1.807, 2.05) is 26.2 Å². The molecule has 5 nitrogen and oxygen atoms in total. The third kappa shape index (κ3) is 9.21. The Morgan fingerprint density at radius 1 is 1.20 bits per heavy atom. The van der Waals surface area contributed by atoms with E-state index in [9.17, 15) is 9.59 Å². The zero-order valence-corrected chi connectivity index (χ0v) is 9.63. The molecule has 88 valence electrons. The fourth-order valence-electron chi connectivity index (χ4n) is 1.02. The van der Waals surface area contributed by atoms with E-state index < -0.39 is 5.60 Å². The van der Waals surface area contributed by atoms with Gasteiger partial charge in [-0.25, -0.2) is 5.84 Å². The Kier molecular flexibility index (Phi) is 5.93. The summed E-state index contributed by atoms with van der Waals surface area (Å²) in [6.07, 6.45) is 1.97. The lowest BCUT2D eigenvalue weighted by atomic mass is 10.1. The number of esters is 1. The molecule has 15 heavy (non-hydrogen) atoms. The van der Waals surface area contributed by atoms with Gasteiger partial charge >= 0.3 is 5.97 Å². The number of unbranched alkanes of at least 4 members (excludes halogenated alkanes) is 1. The standard InChI is InChI=1S/C10H20N2O3/c1-10(2,3)15-9(14)7-5-4-6-8(13)12-11/h4-7,11H2,1-3H3,(H,12,13). The minimum Gasteiger partial charge on any atom is -0.460 e. The molecule has 0 aromatic rings. The highest BCUT2D eigenvalue weighted by Crippen LogP contribution is 2.10. The zero-order valence-electron chi connectivity index (χ0n) is 9.63. The maximum atomic E-state index is 11.2. The molecule has 0 saturated heterocycles. The molecule has 0 rings (SSSR count). The van der Waals surface area contributed by atoms with Crippen LogP contribution in [0.25, 0.3) is 0 Å². The summed E-state index contributed by atoms with van der Waals surface area (Å²) in [6.45, 7) is 5.48. The zero-order chi connectivity index (χ0) is 11.9. The van der Waals surface area contributed by atoms with Gasteiger partial charge in [-0.1, -0.05) is 0 Å². The van der Waals surface area contributed by atoms with Crippen LogP contribution in [0.1, 0.15) is 46.5 Å². The Hall–Kier alpha value is -1.10. The van der Waals surface area contributed by atoms with Crippen LogP contribution in [0.15, 0.2) is 0 Å². The predicted octanol–water partition coefficient (Wildman–Crippen LogP) is 0.878. The van der Waals surface area contributed by atoms with Crippen LogP contribution < -0.4 is 11.3 Å².